The van der Waals surface area contributed by atoms with Crippen molar-refractivity contribution in [1.29, 1.82) is 0 Å². The highest BCUT2D eigenvalue weighted by Gasteiger charge is 2.44. The molecule has 5 nitrogen and oxygen atoms in total. The van der Waals surface area contributed by atoms with Crippen molar-refractivity contribution >= 4 is 5.91 Å². The average molecular weight is 351 g/mol. The van der Waals surface area contributed by atoms with Gasteiger partial charge in [0, 0.05) is 25.6 Å². The summed E-state index contributed by atoms with van der Waals surface area (Å²) in [7, 11) is 0. The number of aliphatic hydroxyl groups is 1. The molecule has 1 amide bonds. The minimum atomic E-state index is -4.70. The van der Waals surface area contributed by atoms with E-state index in [4.69, 9.17) is 4.74 Å². The maximum atomic E-state index is 13.1. The molecule has 1 heterocycles. The van der Waals surface area contributed by atoms with Crippen molar-refractivity contribution in [3.8, 4) is 5.75 Å². The number of carbonyl (C=O) groups is 1. The van der Waals surface area contributed by atoms with Crippen LogP contribution < -0.4 is 4.74 Å². The summed E-state index contributed by atoms with van der Waals surface area (Å²) in [6, 6.07) is 4.97. The van der Waals surface area contributed by atoms with Gasteiger partial charge < -0.3 is 19.5 Å². The Morgan fingerprint density at radius 2 is 2.12 bits per heavy atom. The van der Waals surface area contributed by atoms with E-state index in [1.165, 1.54) is 23.1 Å². The quantitative estimate of drug-likeness (QED) is 0.825. The molecule has 1 N–H and O–H groups in total. The van der Waals surface area contributed by atoms with Crippen LogP contribution >= 0.6 is 0 Å². The summed E-state index contributed by atoms with van der Waals surface area (Å²) in [6.45, 7) is 0.634. The number of amides is 1. The summed E-state index contributed by atoms with van der Waals surface area (Å²) < 4.78 is 60.3. The molecule has 1 unspecified atom stereocenters. The number of hydrogen-bond acceptors (Lipinski definition) is 4. The highest BCUT2D eigenvalue weighted by molar-refractivity contribution is 5.97. The lowest BCUT2D eigenvalue weighted by atomic mass is 10.1. The number of carbonyl (C=O) groups excluding carboxylic acids is 1. The maximum absolute atomic E-state index is 13.1. The molecule has 0 spiro atoms. The lowest BCUT2D eigenvalue weighted by Crippen LogP contribution is -2.38. The van der Waals surface area contributed by atoms with Gasteiger partial charge in [-0.05, 0) is 12.1 Å². The van der Waals surface area contributed by atoms with E-state index in [2.05, 4.69) is 4.74 Å². The molecule has 24 heavy (non-hydrogen) atoms. The van der Waals surface area contributed by atoms with E-state index in [9.17, 15) is 27.5 Å². The van der Waals surface area contributed by atoms with Crippen LogP contribution in [0.2, 0.25) is 0 Å². The first-order valence-corrected chi connectivity index (χ1v) is 7.27. The van der Waals surface area contributed by atoms with Crippen molar-refractivity contribution in [2.45, 2.75) is 12.5 Å². The van der Waals surface area contributed by atoms with Crippen LogP contribution in [-0.4, -0.2) is 61.4 Å². The molecule has 0 radical (unpaired) electrons. The first-order valence-electron chi connectivity index (χ1n) is 7.27. The van der Waals surface area contributed by atoms with Crippen LogP contribution in [0.4, 0.5) is 17.6 Å². The fourth-order valence-electron chi connectivity index (χ4n) is 2.27. The van der Waals surface area contributed by atoms with Crippen LogP contribution in [0.3, 0.4) is 0 Å². The average Bonchev–Trinajstić information content (AvgIpc) is 2.80. The van der Waals surface area contributed by atoms with E-state index < -0.39 is 24.2 Å². The van der Waals surface area contributed by atoms with Crippen molar-refractivity contribution < 1.29 is 36.9 Å². The SMILES string of the molecule is O=C(c1ccccc1OC(F)(F)C(F)F)N1CCOCC(CO)C1. The number of rotatable bonds is 5. The molecule has 1 aromatic carbocycles. The molecule has 2 rings (SSSR count). The Bertz CT molecular complexity index is 570. The molecule has 0 aliphatic carbocycles. The lowest BCUT2D eigenvalue weighted by Gasteiger charge is -2.24. The van der Waals surface area contributed by atoms with Gasteiger partial charge in [0.2, 0.25) is 0 Å². The van der Waals surface area contributed by atoms with Crippen LogP contribution in [0.25, 0.3) is 0 Å². The van der Waals surface area contributed by atoms with Crippen molar-refractivity contribution in [1.82, 2.24) is 4.90 Å². The zero-order chi connectivity index (χ0) is 17.7. The molecule has 134 valence electrons. The monoisotopic (exact) mass is 351 g/mol. The fourth-order valence-corrected chi connectivity index (χ4v) is 2.27. The smallest absolute Gasteiger partial charge is 0.427 e. The Balaban J connectivity index is 2.23. The molecule has 0 saturated carbocycles. The van der Waals surface area contributed by atoms with Gasteiger partial charge in [-0.15, -0.1) is 0 Å². The molecule has 0 bridgehead atoms. The molecule has 1 atom stereocenters. The van der Waals surface area contributed by atoms with Crippen LogP contribution in [-0.2, 0) is 4.74 Å². The van der Waals surface area contributed by atoms with E-state index in [1.807, 2.05) is 0 Å². The third-order valence-electron chi connectivity index (χ3n) is 3.50. The number of benzene rings is 1. The van der Waals surface area contributed by atoms with Gasteiger partial charge in [-0.3, -0.25) is 4.79 Å². The van der Waals surface area contributed by atoms with Crippen molar-refractivity contribution in [3.05, 3.63) is 29.8 Å². The second-order valence-electron chi connectivity index (χ2n) is 5.34. The second kappa shape index (κ2) is 7.80. The molecular weight excluding hydrogens is 334 g/mol. The molecule has 1 aliphatic heterocycles. The summed E-state index contributed by atoms with van der Waals surface area (Å²) >= 11 is 0. The highest BCUT2D eigenvalue weighted by Crippen LogP contribution is 2.30. The van der Waals surface area contributed by atoms with Crippen molar-refractivity contribution in [3.63, 3.8) is 0 Å². The van der Waals surface area contributed by atoms with E-state index in [-0.39, 0.29) is 44.4 Å². The fraction of sp³-hybridized carbons (Fsp3) is 0.533. The second-order valence-corrected chi connectivity index (χ2v) is 5.34. The standard InChI is InChI=1S/C15H17F4NO4/c16-14(17)15(18,19)24-12-4-2-1-3-11(12)13(22)20-5-6-23-9-10(7-20)8-21/h1-4,10,14,21H,5-9H2. The van der Waals surface area contributed by atoms with Gasteiger partial charge >= 0.3 is 12.5 Å². The van der Waals surface area contributed by atoms with Crippen LogP contribution in [0.5, 0.6) is 5.75 Å². The highest BCUT2D eigenvalue weighted by atomic mass is 19.3. The third-order valence-corrected chi connectivity index (χ3v) is 3.50. The van der Waals surface area contributed by atoms with Crippen molar-refractivity contribution in [2.75, 3.05) is 32.9 Å². The predicted octanol–water partition coefficient (Wildman–Crippen LogP) is 2.00. The van der Waals surface area contributed by atoms with E-state index in [1.54, 1.807) is 0 Å². The Kier molecular flexibility index (Phi) is 6.00. The summed E-state index contributed by atoms with van der Waals surface area (Å²) in [5.41, 5.74) is -0.253. The summed E-state index contributed by atoms with van der Waals surface area (Å²) in [5.74, 6) is -1.59. The first-order chi connectivity index (χ1) is 11.3. The van der Waals surface area contributed by atoms with E-state index in [0.717, 1.165) is 6.07 Å². The molecular formula is C15H17F4NO4. The van der Waals surface area contributed by atoms with Gasteiger partial charge in [0.1, 0.15) is 5.75 Å². The zero-order valence-electron chi connectivity index (χ0n) is 12.6. The van der Waals surface area contributed by atoms with Gasteiger partial charge in [0.25, 0.3) is 5.91 Å². The summed E-state index contributed by atoms with van der Waals surface area (Å²) in [6.07, 6.45) is -8.72. The zero-order valence-corrected chi connectivity index (χ0v) is 12.6. The Morgan fingerprint density at radius 1 is 1.42 bits per heavy atom. The number of alkyl halides is 4. The summed E-state index contributed by atoms with van der Waals surface area (Å²) in [5, 5.41) is 9.23. The number of ether oxygens (including phenoxy) is 2. The largest absolute Gasteiger partial charge is 0.461 e. The van der Waals surface area contributed by atoms with Gasteiger partial charge in [0.15, 0.2) is 0 Å². The normalized spacial score (nSPS) is 19.2. The molecule has 1 aliphatic rings. The van der Waals surface area contributed by atoms with E-state index >= 15 is 0 Å². The number of halogens is 4. The van der Waals surface area contributed by atoms with Gasteiger partial charge in [-0.2, -0.15) is 17.6 Å². The minimum absolute atomic E-state index is 0.162. The molecule has 1 aromatic rings. The Hall–Kier alpha value is -1.87. The molecule has 9 heteroatoms. The van der Waals surface area contributed by atoms with Crippen LogP contribution in [0.15, 0.2) is 24.3 Å². The lowest BCUT2D eigenvalue weighted by molar-refractivity contribution is -0.253. The molecule has 1 fully saturated rings. The summed E-state index contributed by atoms with van der Waals surface area (Å²) in [4.78, 5) is 13.9. The van der Waals surface area contributed by atoms with Crippen LogP contribution in [0.1, 0.15) is 10.4 Å². The number of hydrogen-bond donors (Lipinski definition) is 1. The number of nitrogens with zero attached hydrogens (tertiary/aromatic N) is 1. The molecule has 1 saturated heterocycles. The molecule has 0 aromatic heterocycles. The minimum Gasteiger partial charge on any atom is -0.427 e. The Labute approximate surface area is 135 Å². The van der Waals surface area contributed by atoms with Gasteiger partial charge in [0.05, 0.1) is 18.8 Å². The van der Waals surface area contributed by atoms with Gasteiger partial charge in [-0.25, -0.2) is 0 Å². The van der Waals surface area contributed by atoms with E-state index in [0.29, 0.717) is 0 Å². The first kappa shape index (κ1) is 18.5. The van der Waals surface area contributed by atoms with Gasteiger partial charge in [-0.1, -0.05) is 12.1 Å². The predicted molar refractivity (Wildman–Crippen MR) is 75.3 cm³/mol. The number of aliphatic hydroxyl groups excluding tert-OH is 1. The third kappa shape index (κ3) is 4.35. The number of para-hydroxylation sites is 1. The van der Waals surface area contributed by atoms with Crippen LogP contribution in [0, 0.1) is 5.92 Å². The van der Waals surface area contributed by atoms with Crippen molar-refractivity contribution in [2.24, 2.45) is 5.92 Å². The topological polar surface area (TPSA) is 59.0 Å². The maximum Gasteiger partial charge on any atom is 0.461 e. The Morgan fingerprint density at radius 3 is 2.79 bits per heavy atom.